The summed E-state index contributed by atoms with van der Waals surface area (Å²) in [7, 11) is 0. The van der Waals surface area contributed by atoms with Gasteiger partial charge in [0.15, 0.2) is 0 Å². The second kappa shape index (κ2) is 6.30. The van der Waals surface area contributed by atoms with Crippen molar-refractivity contribution in [2.24, 2.45) is 0 Å². The van der Waals surface area contributed by atoms with E-state index >= 15 is 0 Å². The summed E-state index contributed by atoms with van der Waals surface area (Å²) < 4.78 is 1.59. The molecule has 1 aromatic carbocycles. The van der Waals surface area contributed by atoms with Crippen molar-refractivity contribution in [3.05, 3.63) is 18.2 Å². The summed E-state index contributed by atoms with van der Waals surface area (Å²) in [5.41, 5.74) is 0. The van der Waals surface area contributed by atoms with Crippen LogP contribution in [0.1, 0.15) is 0 Å². The van der Waals surface area contributed by atoms with Crippen molar-refractivity contribution in [1.29, 1.82) is 0 Å². The Morgan fingerprint density at radius 2 is 1.83 bits per heavy atom. The van der Waals surface area contributed by atoms with Crippen LogP contribution in [0.3, 0.4) is 0 Å². The zero-order chi connectivity index (χ0) is 8.27. The molecule has 12 heavy (non-hydrogen) atoms. The summed E-state index contributed by atoms with van der Waals surface area (Å²) >= 11 is 4.25. The first-order valence-electron chi connectivity index (χ1n) is 3.46. The summed E-state index contributed by atoms with van der Waals surface area (Å²) in [4.78, 5) is 2.87. The van der Waals surface area contributed by atoms with Crippen molar-refractivity contribution >= 4 is 26.6 Å². The maximum Gasteiger partial charge on any atom is -0.412 e. The first-order chi connectivity index (χ1) is 5.27. The van der Waals surface area contributed by atoms with Crippen molar-refractivity contribution in [3.8, 4) is 0 Å². The summed E-state index contributed by atoms with van der Waals surface area (Å²) in [6, 6.07) is 6.80. The molecule has 4 heteroatoms. The zero-order valence-electron chi connectivity index (χ0n) is 7.55. The van der Waals surface area contributed by atoms with Gasteiger partial charge in [-0.25, -0.2) is 0 Å². The first kappa shape index (κ1) is 12.8. The molecule has 0 atom stereocenters. The fraction of sp³-hybridized carbons (Fsp3) is 0.250. The van der Waals surface area contributed by atoms with Gasteiger partial charge in [-0.05, 0) is 0 Å². The van der Waals surface area contributed by atoms with E-state index in [2.05, 4.69) is 30.7 Å². The number of rotatable bonds is 2. The van der Waals surface area contributed by atoms with E-state index in [9.17, 15) is 0 Å². The van der Waals surface area contributed by atoms with E-state index in [0.29, 0.717) is 26.1 Å². The van der Waals surface area contributed by atoms with Crippen LogP contribution >= 0.6 is 23.5 Å². The van der Waals surface area contributed by atoms with Crippen molar-refractivity contribution in [2.75, 3.05) is 12.5 Å². The Balaban J connectivity index is 0.00000121. The molecule has 0 aliphatic heterocycles. The molecule has 0 amide bonds. The number of hydrogen-bond acceptors (Lipinski definition) is 2. The number of hydrogen-bond donors (Lipinski definition) is 0. The maximum atomic E-state index is 2.30. The fourth-order valence-electron chi connectivity index (χ4n) is 0.927. The van der Waals surface area contributed by atoms with Crippen molar-refractivity contribution in [1.82, 2.24) is 0 Å². The van der Waals surface area contributed by atoms with Gasteiger partial charge in [0.2, 0.25) is 0 Å². The Morgan fingerprint density at radius 1 is 1.17 bits per heavy atom. The van der Waals surface area contributed by atoms with Crippen molar-refractivity contribution < 1.29 is 31.6 Å². The van der Waals surface area contributed by atoms with Gasteiger partial charge in [-0.2, -0.15) is 0 Å². The topological polar surface area (TPSA) is 31.5 Å². The average molecular weight is 389 g/mol. The van der Waals surface area contributed by atoms with Crippen LogP contribution in [0.2, 0.25) is 0 Å². The van der Waals surface area contributed by atoms with E-state index in [1.54, 1.807) is 3.07 Å². The van der Waals surface area contributed by atoms with E-state index < -0.39 is 0 Å². The second-order valence-electron chi connectivity index (χ2n) is 2.34. The standard InChI is InChI=1S/C8H9S2.Hg.H2O.H/c1-9-7-4-3-5-8(6-7)10-2;;;/h3-4,6H,1-2H3;;1H2;. The average Bonchev–Trinajstić information content (AvgIpc) is 2.05. The smallest absolute Gasteiger partial charge is 0.412 e. The van der Waals surface area contributed by atoms with Crippen LogP contribution in [0.4, 0.5) is 0 Å². The summed E-state index contributed by atoms with van der Waals surface area (Å²) in [5.74, 6) is 0. The maximum absolute atomic E-state index is 2.30. The summed E-state index contributed by atoms with van der Waals surface area (Å²) in [6.45, 7) is 0. The quantitative estimate of drug-likeness (QED) is 0.563. The fourth-order valence-corrected chi connectivity index (χ4v) is 5.67. The Kier molecular flexibility index (Phi) is 6.72. The molecule has 0 saturated carbocycles. The SMILES string of the molecule is CSc1cc[c]([HgH])c(SC)c1.O. The monoisotopic (exact) mass is 390 g/mol. The first-order valence-corrected chi connectivity index (χ1v) is 9.80. The predicted molar refractivity (Wildman–Crippen MR) is 54.6 cm³/mol. The van der Waals surface area contributed by atoms with Crippen LogP contribution in [0, 0.1) is 0 Å². The number of benzene rings is 1. The molecule has 2 N–H and O–H groups in total. The molecule has 0 radical (unpaired) electrons. The Bertz CT molecular complexity index is 253. The van der Waals surface area contributed by atoms with Gasteiger partial charge in [0.1, 0.15) is 0 Å². The molecule has 0 aliphatic rings. The van der Waals surface area contributed by atoms with Crippen LogP contribution < -0.4 is 3.07 Å². The molecule has 1 rings (SSSR count). The van der Waals surface area contributed by atoms with E-state index in [-0.39, 0.29) is 5.48 Å². The van der Waals surface area contributed by atoms with Gasteiger partial charge in [0.25, 0.3) is 0 Å². The minimum atomic E-state index is 0. The largest absolute Gasteiger partial charge is 0.412 e. The van der Waals surface area contributed by atoms with Crippen molar-refractivity contribution in [3.63, 3.8) is 0 Å². The van der Waals surface area contributed by atoms with Crippen LogP contribution in [0.5, 0.6) is 0 Å². The molecular formula is C8H12HgOS2. The Labute approximate surface area is 98.0 Å². The molecule has 1 nitrogen and oxygen atoms in total. The Morgan fingerprint density at radius 3 is 2.33 bits per heavy atom. The van der Waals surface area contributed by atoms with Crippen LogP contribution in [-0.4, -0.2) is 18.0 Å². The van der Waals surface area contributed by atoms with E-state index in [1.807, 2.05) is 23.5 Å². The molecule has 0 aromatic heterocycles. The third-order valence-corrected chi connectivity index (χ3v) is 8.02. The minimum absolute atomic E-state index is 0. The van der Waals surface area contributed by atoms with Gasteiger partial charge in [0, 0.05) is 0 Å². The molecule has 0 heterocycles. The molecule has 0 fully saturated rings. The zero-order valence-corrected chi connectivity index (χ0v) is 17.0. The van der Waals surface area contributed by atoms with Gasteiger partial charge in [-0.3, -0.25) is 0 Å². The van der Waals surface area contributed by atoms with Gasteiger partial charge in [-0.1, -0.05) is 0 Å². The van der Waals surface area contributed by atoms with Gasteiger partial charge >= 0.3 is 93.2 Å². The molecule has 0 spiro atoms. The van der Waals surface area contributed by atoms with E-state index in [0.717, 1.165) is 0 Å². The van der Waals surface area contributed by atoms with Gasteiger partial charge < -0.3 is 5.48 Å². The minimum Gasteiger partial charge on any atom is -0.412 e. The molecule has 1 aromatic rings. The second-order valence-corrected chi connectivity index (χ2v) is 8.25. The number of thioether (sulfide) groups is 2. The molecule has 0 aliphatic carbocycles. The van der Waals surface area contributed by atoms with E-state index in [4.69, 9.17) is 0 Å². The molecule has 0 saturated heterocycles. The van der Waals surface area contributed by atoms with Crippen molar-refractivity contribution in [2.45, 2.75) is 9.79 Å². The van der Waals surface area contributed by atoms with Crippen LogP contribution in [0.15, 0.2) is 28.0 Å². The summed E-state index contributed by atoms with van der Waals surface area (Å²) in [6.07, 6.45) is 4.28. The third-order valence-electron chi connectivity index (χ3n) is 1.62. The molecular weight excluding hydrogens is 377 g/mol. The van der Waals surface area contributed by atoms with Crippen LogP contribution in [0.25, 0.3) is 0 Å². The Hall–Kier alpha value is 0.815. The molecule has 64 valence electrons. The molecule has 0 bridgehead atoms. The van der Waals surface area contributed by atoms with Gasteiger partial charge in [0.05, 0.1) is 0 Å². The predicted octanol–water partition coefficient (Wildman–Crippen LogP) is 1.21. The normalized spacial score (nSPS) is 9.08. The van der Waals surface area contributed by atoms with Crippen LogP contribution in [-0.2, 0) is 26.1 Å². The van der Waals surface area contributed by atoms with E-state index in [1.165, 1.54) is 9.79 Å². The third kappa shape index (κ3) is 3.28. The summed E-state index contributed by atoms with van der Waals surface area (Å²) in [5, 5.41) is 0. The van der Waals surface area contributed by atoms with Gasteiger partial charge in [-0.15, -0.1) is 0 Å². The molecule has 0 unspecified atom stereocenters.